The summed E-state index contributed by atoms with van der Waals surface area (Å²) in [6.45, 7) is 6.01. The van der Waals surface area contributed by atoms with Crippen molar-refractivity contribution in [1.82, 2.24) is 10.1 Å². The zero-order valence-corrected chi connectivity index (χ0v) is 6.59. The molecule has 0 saturated carbocycles. The molecule has 3 nitrogen and oxygen atoms in total. The smallest absolute Gasteiger partial charge is 0.229 e. The van der Waals surface area contributed by atoms with Crippen LogP contribution in [0.4, 0.5) is 0 Å². The van der Waals surface area contributed by atoms with E-state index in [4.69, 9.17) is 4.52 Å². The Kier molecular flexibility index (Phi) is 2.04. The number of aryl methyl sites for hydroxylation is 1. The summed E-state index contributed by atoms with van der Waals surface area (Å²) < 4.78 is 4.96. The molecule has 10 heavy (non-hydrogen) atoms. The fourth-order valence-corrected chi connectivity index (χ4v) is 0.688. The number of rotatable bonds is 2. The van der Waals surface area contributed by atoms with E-state index in [-0.39, 0.29) is 0 Å². The SMILES string of the molecule is CC[C@H](C)c1nc(C)no1. The van der Waals surface area contributed by atoms with Crippen molar-refractivity contribution < 1.29 is 4.52 Å². The van der Waals surface area contributed by atoms with Gasteiger partial charge in [0.15, 0.2) is 5.82 Å². The highest BCUT2D eigenvalue weighted by Gasteiger charge is 2.09. The van der Waals surface area contributed by atoms with Crippen LogP contribution < -0.4 is 0 Å². The minimum absolute atomic E-state index is 0.390. The maximum atomic E-state index is 4.96. The Morgan fingerprint density at radius 1 is 1.60 bits per heavy atom. The Hall–Kier alpha value is -0.860. The predicted molar refractivity (Wildman–Crippen MR) is 37.7 cm³/mol. The Morgan fingerprint density at radius 3 is 2.70 bits per heavy atom. The monoisotopic (exact) mass is 140 g/mol. The third kappa shape index (κ3) is 1.35. The van der Waals surface area contributed by atoms with Gasteiger partial charge in [-0.1, -0.05) is 19.0 Å². The summed E-state index contributed by atoms with van der Waals surface area (Å²) in [6.07, 6.45) is 1.04. The lowest BCUT2D eigenvalue weighted by molar-refractivity contribution is 0.354. The average molecular weight is 140 g/mol. The fraction of sp³-hybridized carbons (Fsp3) is 0.714. The van der Waals surface area contributed by atoms with Crippen LogP contribution in [-0.2, 0) is 0 Å². The van der Waals surface area contributed by atoms with Crippen molar-refractivity contribution in [2.24, 2.45) is 0 Å². The molecule has 56 valence electrons. The molecule has 0 aliphatic heterocycles. The van der Waals surface area contributed by atoms with Gasteiger partial charge in [-0.15, -0.1) is 0 Å². The average Bonchev–Trinajstić information content (AvgIpc) is 2.34. The molecule has 3 heteroatoms. The lowest BCUT2D eigenvalue weighted by atomic mass is 10.1. The van der Waals surface area contributed by atoms with E-state index in [9.17, 15) is 0 Å². The van der Waals surface area contributed by atoms with Crippen LogP contribution in [0.2, 0.25) is 0 Å². The van der Waals surface area contributed by atoms with Crippen molar-refractivity contribution in [2.45, 2.75) is 33.1 Å². The summed E-state index contributed by atoms with van der Waals surface area (Å²) >= 11 is 0. The molecule has 0 bridgehead atoms. The van der Waals surface area contributed by atoms with Crippen LogP contribution in [0.1, 0.15) is 37.9 Å². The van der Waals surface area contributed by atoms with Crippen molar-refractivity contribution in [3.8, 4) is 0 Å². The highest BCUT2D eigenvalue weighted by molar-refractivity contribution is 4.89. The summed E-state index contributed by atoms with van der Waals surface area (Å²) in [5.74, 6) is 1.86. The molecule has 0 radical (unpaired) electrons. The zero-order valence-electron chi connectivity index (χ0n) is 6.59. The van der Waals surface area contributed by atoms with Gasteiger partial charge in [0.2, 0.25) is 5.89 Å². The molecule has 1 aromatic rings. The normalized spacial score (nSPS) is 13.5. The first-order valence-corrected chi connectivity index (χ1v) is 3.54. The lowest BCUT2D eigenvalue weighted by Crippen LogP contribution is -1.90. The molecule has 1 aromatic heterocycles. The van der Waals surface area contributed by atoms with Gasteiger partial charge in [-0.2, -0.15) is 4.98 Å². The third-order valence-corrected chi connectivity index (χ3v) is 1.58. The Morgan fingerprint density at radius 2 is 2.30 bits per heavy atom. The topological polar surface area (TPSA) is 38.9 Å². The molecule has 0 amide bonds. The molecule has 0 aliphatic rings. The molecular formula is C7H12N2O. The minimum Gasteiger partial charge on any atom is -0.339 e. The molecule has 1 atom stereocenters. The Balaban J connectivity index is 2.74. The fourth-order valence-electron chi connectivity index (χ4n) is 0.688. The first-order valence-electron chi connectivity index (χ1n) is 3.54. The van der Waals surface area contributed by atoms with Crippen LogP contribution >= 0.6 is 0 Å². The quantitative estimate of drug-likeness (QED) is 0.629. The van der Waals surface area contributed by atoms with Crippen LogP contribution in [0.15, 0.2) is 4.52 Å². The van der Waals surface area contributed by atoms with E-state index in [0.29, 0.717) is 5.92 Å². The molecule has 0 spiro atoms. The standard InChI is InChI=1S/C7H12N2O/c1-4-5(2)7-8-6(3)9-10-7/h5H,4H2,1-3H3/t5-/m0/s1. The lowest BCUT2D eigenvalue weighted by Gasteiger charge is -1.97. The molecular weight excluding hydrogens is 128 g/mol. The van der Waals surface area contributed by atoms with Gasteiger partial charge < -0.3 is 4.52 Å². The van der Waals surface area contributed by atoms with E-state index in [1.54, 1.807) is 0 Å². The van der Waals surface area contributed by atoms with Gasteiger partial charge in [-0.25, -0.2) is 0 Å². The number of aromatic nitrogens is 2. The second-order valence-corrected chi connectivity index (χ2v) is 2.49. The number of hydrogen-bond acceptors (Lipinski definition) is 3. The van der Waals surface area contributed by atoms with Gasteiger partial charge in [0.05, 0.1) is 0 Å². The first kappa shape index (κ1) is 7.25. The summed E-state index contributed by atoms with van der Waals surface area (Å²) in [6, 6.07) is 0. The van der Waals surface area contributed by atoms with Crippen molar-refractivity contribution in [3.05, 3.63) is 11.7 Å². The summed E-state index contributed by atoms with van der Waals surface area (Å²) in [7, 11) is 0. The number of nitrogens with zero attached hydrogens (tertiary/aromatic N) is 2. The molecule has 0 unspecified atom stereocenters. The summed E-state index contributed by atoms with van der Waals surface area (Å²) in [5, 5.41) is 3.70. The van der Waals surface area contributed by atoms with Crippen LogP contribution in [0.3, 0.4) is 0 Å². The van der Waals surface area contributed by atoms with E-state index in [0.717, 1.165) is 18.1 Å². The van der Waals surface area contributed by atoms with E-state index < -0.39 is 0 Å². The van der Waals surface area contributed by atoms with Gasteiger partial charge in [0.1, 0.15) is 0 Å². The van der Waals surface area contributed by atoms with E-state index in [1.165, 1.54) is 0 Å². The van der Waals surface area contributed by atoms with Gasteiger partial charge >= 0.3 is 0 Å². The number of hydrogen-bond donors (Lipinski definition) is 0. The second-order valence-electron chi connectivity index (χ2n) is 2.49. The Labute approximate surface area is 60.4 Å². The molecule has 0 N–H and O–H groups in total. The van der Waals surface area contributed by atoms with Gasteiger partial charge in [0, 0.05) is 5.92 Å². The van der Waals surface area contributed by atoms with Crippen molar-refractivity contribution in [3.63, 3.8) is 0 Å². The van der Waals surface area contributed by atoms with Crippen LogP contribution in [0.5, 0.6) is 0 Å². The van der Waals surface area contributed by atoms with Crippen LogP contribution in [0.25, 0.3) is 0 Å². The first-order chi connectivity index (χ1) is 4.74. The van der Waals surface area contributed by atoms with Crippen LogP contribution in [-0.4, -0.2) is 10.1 Å². The maximum absolute atomic E-state index is 4.96. The van der Waals surface area contributed by atoms with Gasteiger partial charge in [-0.3, -0.25) is 0 Å². The largest absolute Gasteiger partial charge is 0.339 e. The van der Waals surface area contributed by atoms with E-state index in [2.05, 4.69) is 24.0 Å². The third-order valence-electron chi connectivity index (χ3n) is 1.58. The molecule has 0 aromatic carbocycles. The second kappa shape index (κ2) is 2.82. The van der Waals surface area contributed by atoms with Crippen molar-refractivity contribution in [1.29, 1.82) is 0 Å². The zero-order chi connectivity index (χ0) is 7.56. The minimum atomic E-state index is 0.390. The molecule has 1 rings (SSSR count). The van der Waals surface area contributed by atoms with E-state index >= 15 is 0 Å². The van der Waals surface area contributed by atoms with Gasteiger partial charge in [0.25, 0.3) is 0 Å². The molecule has 0 aliphatic carbocycles. The summed E-state index contributed by atoms with van der Waals surface area (Å²) in [4.78, 5) is 4.10. The van der Waals surface area contributed by atoms with Crippen molar-refractivity contribution >= 4 is 0 Å². The molecule has 0 saturated heterocycles. The van der Waals surface area contributed by atoms with Crippen LogP contribution in [0, 0.1) is 6.92 Å². The predicted octanol–water partition coefficient (Wildman–Crippen LogP) is 1.89. The molecule has 0 fully saturated rings. The van der Waals surface area contributed by atoms with Crippen molar-refractivity contribution in [2.75, 3.05) is 0 Å². The van der Waals surface area contributed by atoms with Gasteiger partial charge in [-0.05, 0) is 13.3 Å². The highest BCUT2D eigenvalue weighted by atomic mass is 16.5. The highest BCUT2D eigenvalue weighted by Crippen LogP contribution is 2.15. The summed E-state index contributed by atoms with van der Waals surface area (Å²) in [5.41, 5.74) is 0. The Bertz CT molecular complexity index is 207. The maximum Gasteiger partial charge on any atom is 0.229 e. The van der Waals surface area contributed by atoms with E-state index in [1.807, 2.05) is 6.92 Å². The molecule has 1 heterocycles.